The van der Waals surface area contributed by atoms with Crippen LogP contribution in [0.25, 0.3) is 10.1 Å². The number of fused-ring (bicyclic) bond motifs is 1. The maximum atomic E-state index is 12.1. The van der Waals surface area contributed by atoms with Gasteiger partial charge >= 0.3 is 0 Å². The van der Waals surface area contributed by atoms with Crippen LogP contribution in [0.1, 0.15) is 37.7 Å². The minimum Gasteiger partial charge on any atom is -0.296 e. The number of carbonyl (C=O) groups excluding carboxylic acids is 2. The van der Waals surface area contributed by atoms with Crippen molar-refractivity contribution in [3.63, 3.8) is 0 Å². The lowest BCUT2D eigenvalue weighted by Crippen LogP contribution is -2.44. The summed E-state index contributed by atoms with van der Waals surface area (Å²) < 4.78 is 1.22. The van der Waals surface area contributed by atoms with Crippen molar-refractivity contribution in [2.45, 2.75) is 32.1 Å². The van der Waals surface area contributed by atoms with Gasteiger partial charge in [-0.05, 0) is 28.8 Å². The first kappa shape index (κ1) is 13.3. The molecular formula is C16H17NO2S. The summed E-state index contributed by atoms with van der Waals surface area (Å²) in [6, 6.07) is 8.20. The molecule has 104 valence electrons. The normalized spacial score (nSPS) is 23.1. The van der Waals surface area contributed by atoms with Crippen molar-refractivity contribution in [3.8, 4) is 0 Å². The number of rotatable bonds is 3. The molecule has 0 radical (unpaired) electrons. The van der Waals surface area contributed by atoms with Gasteiger partial charge in [0.2, 0.25) is 11.8 Å². The van der Waals surface area contributed by atoms with Gasteiger partial charge in [-0.25, -0.2) is 0 Å². The number of thiophene rings is 1. The van der Waals surface area contributed by atoms with Crippen molar-refractivity contribution in [2.75, 3.05) is 0 Å². The number of hydrogen-bond donors (Lipinski definition) is 1. The Bertz CT molecular complexity index is 661. The van der Waals surface area contributed by atoms with Crippen LogP contribution in [0.4, 0.5) is 0 Å². The SMILES string of the molecule is CCCC1C(=O)NC(=O)CC1c1csc2ccccc12. The quantitative estimate of drug-likeness (QED) is 0.879. The Hall–Kier alpha value is -1.68. The van der Waals surface area contributed by atoms with Gasteiger partial charge < -0.3 is 0 Å². The van der Waals surface area contributed by atoms with Crippen LogP contribution in [-0.4, -0.2) is 11.8 Å². The molecule has 1 aromatic carbocycles. The first-order chi connectivity index (χ1) is 9.70. The van der Waals surface area contributed by atoms with Crippen LogP contribution in [0.15, 0.2) is 29.6 Å². The summed E-state index contributed by atoms with van der Waals surface area (Å²) in [5.41, 5.74) is 1.16. The van der Waals surface area contributed by atoms with Gasteiger partial charge in [0.25, 0.3) is 0 Å². The molecule has 1 aliphatic rings. The van der Waals surface area contributed by atoms with Crippen molar-refractivity contribution in [1.29, 1.82) is 0 Å². The zero-order valence-electron chi connectivity index (χ0n) is 11.4. The van der Waals surface area contributed by atoms with Crippen LogP contribution in [0.5, 0.6) is 0 Å². The fourth-order valence-corrected chi connectivity index (χ4v) is 4.09. The van der Waals surface area contributed by atoms with E-state index < -0.39 is 0 Å². The second-order valence-corrected chi connectivity index (χ2v) is 6.22. The van der Waals surface area contributed by atoms with Crippen LogP contribution in [0.2, 0.25) is 0 Å². The number of amides is 2. The fraction of sp³-hybridized carbons (Fsp3) is 0.375. The van der Waals surface area contributed by atoms with Gasteiger partial charge in [-0.15, -0.1) is 11.3 Å². The Morgan fingerprint density at radius 1 is 1.30 bits per heavy atom. The molecule has 0 spiro atoms. The third-order valence-electron chi connectivity index (χ3n) is 4.00. The van der Waals surface area contributed by atoms with E-state index in [2.05, 4.69) is 29.8 Å². The van der Waals surface area contributed by atoms with Crippen molar-refractivity contribution in [2.24, 2.45) is 5.92 Å². The predicted molar refractivity (Wildman–Crippen MR) is 80.7 cm³/mol. The minimum absolute atomic E-state index is 0.0207. The van der Waals surface area contributed by atoms with Crippen LogP contribution in [0.3, 0.4) is 0 Å². The number of imide groups is 1. The van der Waals surface area contributed by atoms with Crippen molar-refractivity contribution >= 4 is 33.2 Å². The number of carbonyl (C=O) groups is 2. The monoisotopic (exact) mass is 287 g/mol. The zero-order valence-corrected chi connectivity index (χ0v) is 12.2. The first-order valence-electron chi connectivity index (χ1n) is 7.00. The van der Waals surface area contributed by atoms with Gasteiger partial charge in [0.1, 0.15) is 0 Å². The Balaban J connectivity index is 2.04. The van der Waals surface area contributed by atoms with E-state index >= 15 is 0 Å². The molecule has 2 heterocycles. The molecule has 4 heteroatoms. The molecule has 0 saturated carbocycles. The Morgan fingerprint density at radius 3 is 2.90 bits per heavy atom. The highest BCUT2D eigenvalue weighted by molar-refractivity contribution is 7.17. The van der Waals surface area contributed by atoms with E-state index in [4.69, 9.17) is 0 Å². The molecule has 2 unspecified atom stereocenters. The third kappa shape index (κ3) is 2.24. The average molecular weight is 287 g/mol. The first-order valence-corrected chi connectivity index (χ1v) is 7.88. The Morgan fingerprint density at radius 2 is 2.10 bits per heavy atom. The van der Waals surface area contributed by atoms with Gasteiger partial charge in [0.15, 0.2) is 0 Å². The van der Waals surface area contributed by atoms with E-state index in [1.807, 2.05) is 12.1 Å². The maximum absolute atomic E-state index is 12.1. The lowest BCUT2D eigenvalue weighted by atomic mass is 9.78. The third-order valence-corrected chi connectivity index (χ3v) is 4.98. The Kier molecular flexibility index (Phi) is 3.57. The van der Waals surface area contributed by atoms with E-state index in [0.29, 0.717) is 6.42 Å². The molecule has 0 aliphatic carbocycles. The lowest BCUT2D eigenvalue weighted by Gasteiger charge is -2.29. The van der Waals surface area contributed by atoms with Gasteiger partial charge in [0, 0.05) is 23.0 Å². The molecule has 2 aromatic rings. The summed E-state index contributed by atoms with van der Waals surface area (Å²) in [6.07, 6.45) is 2.19. The topological polar surface area (TPSA) is 46.2 Å². The number of piperidine rings is 1. The van der Waals surface area contributed by atoms with Gasteiger partial charge in [-0.1, -0.05) is 31.5 Å². The molecule has 3 nitrogen and oxygen atoms in total. The number of hydrogen-bond acceptors (Lipinski definition) is 3. The number of nitrogens with one attached hydrogen (secondary N) is 1. The minimum atomic E-state index is -0.150. The molecule has 3 rings (SSSR count). The molecule has 1 fully saturated rings. The standard InChI is InChI=1S/C16H17NO2S/c1-2-5-11-12(8-15(18)17-16(11)19)13-9-20-14-7-4-3-6-10(13)14/h3-4,6-7,9,11-12H,2,5,8H2,1H3,(H,17,18,19). The van der Waals surface area contributed by atoms with Gasteiger partial charge in [-0.3, -0.25) is 14.9 Å². The highest BCUT2D eigenvalue weighted by atomic mass is 32.1. The summed E-state index contributed by atoms with van der Waals surface area (Å²) in [4.78, 5) is 23.8. The summed E-state index contributed by atoms with van der Waals surface area (Å²) in [5, 5.41) is 5.78. The van der Waals surface area contributed by atoms with Crippen molar-refractivity contribution < 1.29 is 9.59 Å². The highest BCUT2D eigenvalue weighted by Crippen LogP contribution is 2.40. The predicted octanol–water partition coefficient (Wildman–Crippen LogP) is 3.45. The second-order valence-electron chi connectivity index (χ2n) is 5.31. The summed E-state index contributed by atoms with van der Waals surface area (Å²) in [7, 11) is 0. The van der Waals surface area contributed by atoms with Crippen LogP contribution >= 0.6 is 11.3 Å². The fourth-order valence-electron chi connectivity index (χ4n) is 3.06. The highest BCUT2D eigenvalue weighted by Gasteiger charge is 2.37. The second kappa shape index (κ2) is 5.37. The van der Waals surface area contributed by atoms with Crippen molar-refractivity contribution in [3.05, 3.63) is 35.2 Å². The van der Waals surface area contributed by atoms with Crippen LogP contribution in [0, 0.1) is 5.92 Å². The summed E-state index contributed by atoms with van der Waals surface area (Å²) in [5.74, 6) is -0.325. The largest absolute Gasteiger partial charge is 0.296 e. The van der Waals surface area contributed by atoms with E-state index in [-0.39, 0.29) is 23.7 Å². The molecule has 1 aromatic heterocycles. The summed E-state index contributed by atoms with van der Waals surface area (Å²) >= 11 is 1.69. The average Bonchev–Trinajstić information content (AvgIpc) is 2.85. The van der Waals surface area contributed by atoms with E-state index in [1.165, 1.54) is 10.1 Å². The number of benzene rings is 1. The Labute approximate surface area is 122 Å². The zero-order chi connectivity index (χ0) is 14.1. The molecule has 2 atom stereocenters. The smallest absolute Gasteiger partial charge is 0.230 e. The molecule has 1 saturated heterocycles. The van der Waals surface area contributed by atoms with Crippen LogP contribution < -0.4 is 5.32 Å². The van der Waals surface area contributed by atoms with E-state index in [9.17, 15) is 9.59 Å². The lowest BCUT2D eigenvalue weighted by molar-refractivity contribution is -0.137. The molecule has 1 aliphatic heterocycles. The molecule has 2 amide bonds. The molecule has 1 N–H and O–H groups in total. The van der Waals surface area contributed by atoms with Gasteiger partial charge in [0.05, 0.1) is 0 Å². The van der Waals surface area contributed by atoms with Crippen molar-refractivity contribution in [1.82, 2.24) is 5.32 Å². The van der Waals surface area contributed by atoms with Crippen LogP contribution in [-0.2, 0) is 9.59 Å². The summed E-state index contributed by atoms with van der Waals surface area (Å²) in [6.45, 7) is 2.08. The van der Waals surface area contributed by atoms with E-state index in [0.717, 1.165) is 18.4 Å². The molecule has 20 heavy (non-hydrogen) atoms. The van der Waals surface area contributed by atoms with E-state index in [1.54, 1.807) is 11.3 Å². The maximum Gasteiger partial charge on any atom is 0.230 e. The molecular weight excluding hydrogens is 270 g/mol. The van der Waals surface area contributed by atoms with Gasteiger partial charge in [-0.2, -0.15) is 0 Å². The molecule has 0 bridgehead atoms.